The molecule has 4 nitrogen and oxygen atoms in total. The predicted molar refractivity (Wildman–Crippen MR) is 80.8 cm³/mol. The molecule has 2 fully saturated rings. The van der Waals surface area contributed by atoms with Crippen molar-refractivity contribution in [3.63, 3.8) is 0 Å². The molecule has 1 aliphatic carbocycles. The van der Waals surface area contributed by atoms with Gasteiger partial charge in [-0.05, 0) is 30.5 Å². The van der Waals surface area contributed by atoms with Crippen LogP contribution in [-0.4, -0.2) is 41.2 Å². The van der Waals surface area contributed by atoms with Crippen LogP contribution in [0.15, 0.2) is 24.3 Å². The largest absolute Gasteiger partial charge is 0.416 e. The van der Waals surface area contributed by atoms with Gasteiger partial charge in [0.1, 0.15) is 0 Å². The Balaban J connectivity index is 1.66. The lowest BCUT2D eigenvalue weighted by atomic mass is 10.1. The number of carbonyl (C=O) groups excluding carboxylic acids is 2. The van der Waals surface area contributed by atoms with Crippen LogP contribution in [-0.2, 0) is 22.3 Å². The quantitative estimate of drug-likeness (QED) is 0.846. The Morgan fingerprint density at radius 2 is 2.04 bits per heavy atom. The summed E-state index contributed by atoms with van der Waals surface area (Å²) >= 11 is 0. The minimum Gasteiger partial charge on any atom is -0.342 e. The summed E-state index contributed by atoms with van der Waals surface area (Å²) in [6.07, 6.45) is -2.28. The van der Waals surface area contributed by atoms with Crippen LogP contribution in [0.2, 0.25) is 0 Å². The highest BCUT2D eigenvalue weighted by atomic mass is 19.4. The minimum atomic E-state index is -4.41. The van der Waals surface area contributed by atoms with Crippen LogP contribution >= 0.6 is 0 Å². The van der Waals surface area contributed by atoms with Crippen molar-refractivity contribution in [1.29, 1.82) is 0 Å². The summed E-state index contributed by atoms with van der Waals surface area (Å²) in [6, 6.07) is 5.24. The number of likely N-dealkylation sites (tertiary alicyclic amines) is 1. The normalized spacial score (nSPS) is 21.2. The van der Waals surface area contributed by atoms with Crippen LogP contribution in [0.4, 0.5) is 13.2 Å². The predicted octanol–water partition coefficient (Wildman–Crippen LogP) is 2.67. The number of carbonyl (C=O) groups is 2. The molecular weight excluding hydrogens is 321 g/mol. The molecule has 0 radical (unpaired) electrons. The van der Waals surface area contributed by atoms with Crippen LogP contribution in [0.3, 0.4) is 0 Å². The van der Waals surface area contributed by atoms with E-state index in [2.05, 4.69) is 0 Å². The highest BCUT2D eigenvalue weighted by Crippen LogP contribution is 2.31. The second-order valence-electron chi connectivity index (χ2n) is 6.55. The third-order valence-corrected chi connectivity index (χ3v) is 4.63. The van der Waals surface area contributed by atoms with Gasteiger partial charge < -0.3 is 9.80 Å². The van der Waals surface area contributed by atoms with E-state index < -0.39 is 17.7 Å². The molecule has 0 spiro atoms. The topological polar surface area (TPSA) is 40.6 Å². The Hall–Kier alpha value is -2.05. The molecular formula is C17H19F3N2O2. The van der Waals surface area contributed by atoms with E-state index in [1.165, 1.54) is 11.0 Å². The molecule has 2 aliphatic rings. The summed E-state index contributed by atoms with van der Waals surface area (Å²) < 4.78 is 38.3. The smallest absolute Gasteiger partial charge is 0.342 e. The summed E-state index contributed by atoms with van der Waals surface area (Å²) in [5.41, 5.74) is -0.311. The first-order valence-corrected chi connectivity index (χ1v) is 7.96. The number of alkyl halides is 3. The first-order chi connectivity index (χ1) is 11.3. The number of nitrogens with zero attached hydrogens (tertiary/aromatic N) is 2. The molecule has 1 aromatic carbocycles. The van der Waals surface area contributed by atoms with Gasteiger partial charge >= 0.3 is 6.18 Å². The van der Waals surface area contributed by atoms with Crippen molar-refractivity contribution < 1.29 is 22.8 Å². The molecule has 0 N–H and O–H groups in total. The number of benzene rings is 1. The molecule has 1 heterocycles. The van der Waals surface area contributed by atoms with Gasteiger partial charge in [0.15, 0.2) is 0 Å². The Labute approximate surface area is 138 Å². The van der Waals surface area contributed by atoms with Gasteiger partial charge in [-0.25, -0.2) is 0 Å². The van der Waals surface area contributed by atoms with Gasteiger partial charge in [-0.15, -0.1) is 0 Å². The Morgan fingerprint density at radius 3 is 2.67 bits per heavy atom. The summed E-state index contributed by atoms with van der Waals surface area (Å²) in [7, 11) is 1.75. The molecule has 2 amide bonds. The zero-order valence-corrected chi connectivity index (χ0v) is 13.3. The fourth-order valence-electron chi connectivity index (χ4n) is 3.09. The lowest BCUT2D eigenvalue weighted by molar-refractivity contribution is -0.137. The van der Waals surface area contributed by atoms with Crippen molar-refractivity contribution in [2.75, 3.05) is 13.6 Å². The molecule has 1 aromatic rings. The van der Waals surface area contributed by atoms with E-state index in [9.17, 15) is 22.8 Å². The van der Waals surface area contributed by atoms with Crippen molar-refractivity contribution in [3.05, 3.63) is 35.4 Å². The lowest BCUT2D eigenvalue weighted by Gasteiger charge is -2.21. The van der Waals surface area contributed by atoms with Gasteiger partial charge in [0, 0.05) is 32.6 Å². The Kier molecular flexibility index (Phi) is 4.27. The Bertz CT molecular complexity index is 655. The van der Waals surface area contributed by atoms with Gasteiger partial charge in [0.25, 0.3) is 0 Å². The van der Waals surface area contributed by atoms with Crippen molar-refractivity contribution in [2.45, 2.75) is 38.0 Å². The van der Waals surface area contributed by atoms with Crippen LogP contribution in [0.1, 0.15) is 30.4 Å². The van der Waals surface area contributed by atoms with Gasteiger partial charge in [-0.1, -0.05) is 12.1 Å². The zero-order valence-electron chi connectivity index (χ0n) is 13.3. The SMILES string of the molecule is CN(C(=O)[C@@H]1CC(=O)N(Cc2cccc(C(F)(F)F)c2)C1)C1CC1. The average molecular weight is 340 g/mol. The van der Waals surface area contributed by atoms with E-state index in [4.69, 9.17) is 0 Å². The highest BCUT2D eigenvalue weighted by molar-refractivity contribution is 5.89. The first-order valence-electron chi connectivity index (χ1n) is 7.96. The standard InChI is InChI=1S/C17H19F3N2O2/c1-21(14-5-6-14)16(24)12-8-15(23)22(10-12)9-11-3-2-4-13(7-11)17(18,19)20/h2-4,7,12,14H,5-6,8-10H2,1H3/t12-/m1/s1. The van der Waals surface area contributed by atoms with Gasteiger partial charge in [-0.2, -0.15) is 13.2 Å². The van der Waals surface area contributed by atoms with Gasteiger partial charge in [0.2, 0.25) is 11.8 Å². The number of hydrogen-bond donors (Lipinski definition) is 0. The number of amides is 2. The third-order valence-electron chi connectivity index (χ3n) is 4.63. The van der Waals surface area contributed by atoms with Gasteiger partial charge in [0.05, 0.1) is 11.5 Å². The molecule has 1 saturated carbocycles. The molecule has 1 aliphatic heterocycles. The fraction of sp³-hybridized carbons (Fsp3) is 0.529. The number of halogens is 3. The molecule has 0 bridgehead atoms. The maximum absolute atomic E-state index is 12.8. The summed E-state index contributed by atoms with van der Waals surface area (Å²) in [6.45, 7) is 0.366. The molecule has 130 valence electrons. The summed E-state index contributed by atoms with van der Waals surface area (Å²) in [4.78, 5) is 27.6. The minimum absolute atomic E-state index is 0.0441. The third kappa shape index (κ3) is 3.55. The van der Waals surface area contributed by atoms with Crippen molar-refractivity contribution >= 4 is 11.8 Å². The van der Waals surface area contributed by atoms with E-state index in [1.807, 2.05) is 0 Å². The maximum atomic E-state index is 12.8. The van der Waals surface area contributed by atoms with Crippen LogP contribution in [0.5, 0.6) is 0 Å². The van der Waals surface area contributed by atoms with E-state index in [0.29, 0.717) is 5.56 Å². The lowest BCUT2D eigenvalue weighted by Crippen LogP contribution is -2.36. The van der Waals surface area contributed by atoms with Gasteiger partial charge in [-0.3, -0.25) is 9.59 Å². The first kappa shape index (κ1) is 16.8. The molecule has 24 heavy (non-hydrogen) atoms. The molecule has 0 aromatic heterocycles. The molecule has 7 heteroatoms. The second-order valence-corrected chi connectivity index (χ2v) is 6.55. The van der Waals surface area contributed by atoms with E-state index in [-0.39, 0.29) is 37.4 Å². The number of rotatable bonds is 4. The van der Waals surface area contributed by atoms with E-state index in [0.717, 1.165) is 25.0 Å². The fourth-order valence-corrected chi connectivity index (χ4v) is 3.09. The molecule has 1 atom stereocenters. The zero-order chi connectivity index (χ0) is 17.5. The van der Waals surface area contributed by atoms with Crippen molar-refractivity contribution in [1.82, 2.24) is 9.80 Å². The van der Waals surface area contributed by atoms with Crippen LogP contribution in [0, 0.1) is 5.92 Å². The monoisotopic (exact) mass is 340 g/mol. The molecule has 3 rings (SSSR count). The van der Waals surface area contributed by atoms with Crippen LogP contribution in [0.25, 0.3) is 0 Å². The highest BCUT2D eigenvalue weighted by Gasteiger charge is 2.39. The Morgan fingerprint density at radius 1 is 1.33 bits per heavy atom. The van der Waals surface area contributed by atoms with E-state index >= 15 is 0 Å². The van der Waals surface area contributed by atoms with Crippen molar-refractivity contribution in [2.24, 2.45) is 5.92 Å². The number of hydrogen-bond acceptors (Lipinski definition) is 2. The average Bonchev–Trinajstić information content (AvgIpc) is 3.31. The summed E-state index contributed by atoms with van der Waals surface area (Å²) in [5, 5.41) is 0. The molecule has 0 unspecified atom stereocenters. The second kappa shape index (κ2) is 6.11. The maximum Gasteiger partial charge on any atom is 0.416 e. The summed E-state index contributed by atoms with van der Waals surface area (Å²) in [5.74, 6) is -0.624. The van der Waals surface area contributed by atoms with E-state index in [1.54, 1.807) is 18.0 Å². The van der Waals surface area contributed by atoms with Crippen molar-refractivity contribution in [3.8, 4) is 0 Å². The van der Waals surface area contributed by atoms with Crippen LogP contribution < -0.4 is 0 Å². The molecule has 1 saturated heterocycles.